The number of aliphatic hydroxyl groups excluding tert-OH is 1. The first-order valence-corrected chi connectivity index (χ1v) is 6.14. The normalized spacial score (nSPS) is 27.4. The minimum Gasteiger partial charge on any atom is -0.486 e. The van der Waals surface area contributed by atoms with Gasteiger partial charge in [-0.1, -0.05) is 6.07 Å². The molecule has 2 unspecified atom stereocenters. The number of rotatable bonds is 2. The molecule has 2 atom stereocenters. The van der Waals surface area contributed by atoms with E-state index in [9.17, 15) is 0 Å². The molecule has 0 aliphatic carbocycles. The van der Waals surface area contributed by atoms with Crippen LogP contribution in [0.2, 0.25) is 0 Å². The van der Waals surface area contributed by atoms with E-state index in [1.165, 1.54) is 0 Å². The Morgan fingerprint density at radius 3 is 2.78 bits per heavy atom. The van der Waals surface area contributed by atoms with Crippen LogP contribution in [0.15, 0.2) is 18.2 Å². The fourth-order valence-corrected chi connectivity index (χ4v) is 2.39. The Labute approximate surface area is 106 Å². The highest BCUT2D eigenvalue weighted by molar-refractivity contribution is 5.44. The molecule has 98 valence electrons. The summed E-state index contributed by atoms with van der Waals surface area (Å²) >= 11 is 0. The molecule has 18 heavy (non-hydrogen) atoms. The van der Waals surface area contributed by atoms with E-state index < -0.39 is 0 Å². The van der Waals surface area contributed by atoms with E-state index in [2.05, 4.69) is 4.90 Å². The molecule has 2 aliphatic heterocycles. The zero-order chi connectivity index (χ0) is 12.5. The highest BCUT2D eigenvalue weighted by Gasteiger charge is 2.31. The Hall–Kier alpha value is -1.30. The van der Waals surface area contributed by atoms with E-state index in [-0.39, 0.29) is 18.9 Å². The third-order valence-corrected chi connectivity index (χ3v) is 3.27. The van der Waals surface area contributed by atoms with Gasteiger partial charge in [-0.25, -0.2) is 0 Å². The molecule has 0 bridgehead atoms. The van der Waals surface area contributed by atoms with Gasteiger partial charge in [0, 0.05) is 6.54 Å². The number of ether oxygens (including phenoxy) is 3. The van der Waals surface area contributed by atoms with Crippen LogP contribution in [0.3, 0.4) is 0 Å². The van der Waals surface area contributed by atoms with Crippen LogP contribution in [-0.2, 0) is 4.74 Å². The van der Waals surface area contributed by atoms with Gasteiger partial charge >= 0.3 is 0 Å². The average molecular weight is 251 g/mol. The zero-order valence-corrected chi connectivity index (χ0v) is 10.3. The lowest BCUT2D eigenvalue weighted by molar-refractivity contribution is -0.0141. The van der Waals surface area contributed by atoms with E-state index in [1.54, 1.807) is 0 Å². The van der Waals surface area contributed by atoms with Gasteiger partial charge in [-0.2, -0.15) is 0 Å². The summed E-state index contributed by atoms with van der Waals surface area (Å²) in [7, 11) is 1.98. The second kappa shape index (κ2) is 4.76. The van der Waals surface area contributed by atoms with Crippen LogP contribution >= 0.6 is 0 Å². The summed E-state index contributed by atoms with van der Waals surface area (Å²) in [5.74, 6) is 1.55. The topological polar surface area (TPSA) is 51.2 Å². The van der Waals surface area contributed by atoms with Gasteiger partial charge in [-0.15, -0.1) is 0 Å². The van der Waals surface area contributed by atoms with E-state index >= 15 is 0 Å². The van der Waals surface area contributed by atoms with E-state index in [4.69, 9.17) is 19.3 Å². The first kappa shape index (κ1) is 11.8. The molecule has 5 nitrogen and oxygen atoms in total. The Balaban J connectivity index is 1.84. The summed E-state index contributed by atoms with van der Waals surface area (Å²) < 4.78 is 16.8. The van der Waals surface area contributed by atoms with Crippen LogP contribution in [0, 0.1) is 0 Å². The van der Waals surface area contributed by atoms with Crippen molar-refractivity contribution in [1.82, 2.24) is 4.90 Å². The van der Waals surface area contributed by atoms with E-state index in [0.29, 0.717) is 13.2 Å². The maximum Gasteiger partial charge on any atom is 0.161 e. The SMILES string of the molecule is CN1CC(CO)OC1c1ccc2c(c1)OCCO2. The molecule has 2 heterocycles. The summed E-state index contributed by atoms with van der Waals surface area (Å²) in [6.07, 6.45) is -0.244. The van der Waals surface area contributed by atoms with Crippen LogP contribution < -0.4 is 9.47 Å². The fourth-order valence-electron chi connectivity index (χ4n) is 2.39. The molecule has 0 amide bonds. The molecule has 5 heteroatoms. The standard InChI is InChI=1S/C13H17NO4/c1-14-7-10(8-15)18-13(14)9-2-3-11-12(6-9)17-5-4-16-11/h2-3,6,10,13,15H,4-5,7-8H2,1H3. The average Bonchev–Trinajstić information content (AvgIpc) is 2.79. The molecule has 3 rings (SSSR count). The third-order valence-electron chi connectivity index (χ3n) is 3.27. The van der Waals surface area contributed by atoms with E-state index in [1.807, 2.05) is 25.2 Å². The van der Waals surface area contributed by atoms with Gasteiger partial charge < -0.3 is 19.3 Å². The van der Waals surface area contributed by atoms with Gasteiger partial charge in [0.05, 0.1) is 12.7 Å². The first-order chi connectivity index (χ1) is 8.78. The maximum atomic E-state index is 9.14. The van der Waals surface area contributed by atoms with Crippen molar-refractivity contribution >= 4 is 0 Å². The summed E-state index contributed by atoms with van der Waals surface area (Å²) in [6.45, 7) is 1.96. The molecule has 0 radical (unpaired) electrons. The zero-order valence-electron chi connectivity index (χ0n) is 10.3. The van der Waals surface area contributed by atoms with Crippen molar-refractivity contribution in [3.8, 4) is 11.5 Å². The second-order valence-electron chi connectivity index (χ2n) is 4.64. The molecule has 0 spiro atoms. The first-order valence-electron chi connectivity index (χ1n) is 6.14. The Bertz CT molecular complexity index is 437. The lowest BCUT2D eigenvalue weighted by Gasteiger charge is -2.22. The quantitative estimate of drug-likeness (QED) is 0.841. The highest BCUT2D eigenvalue weighted by Crippen LogP contribution is 2.36. The third kappa shape index (κ3) is 2.05. The predicted molar refractivity (Wildman–Crippen MR) is 64.8 cm³/mol. The van der Waals surface area contributed by atoms with Gasteiger partial charge in [0.15, 0.2) is 11.5 Å². The molecule has 1 fully saturated rings. The fraction of sp³-hybridized carbons (Fsp3) is 0.538. The molecule has 1 aromatic carbocycles. The highest BCUT2D eigenvalue weighted by atomic mass is 16.6. The Morgan fingerprint density at radius 1 is 1.28 bits per heavy atom. The van der Waals surface area contributed by atoms with Crippen molar-refractivity contribution in [3.05, 3.63) is 23.8 Å². The predicted octanol–water partition coefficient (Wildman–Crippen LogP) is 0.779. The molecule has 0 saturated carbocycles. The van der Waals surface area contributed by atoms with Crippen LogP contribution in [-0.4, -0.2) is 49.5 Å². The number of hydrogen-bond acceptors (Lipinski definition) is 5. The number of benzene rings is 1. The van der Waals surface area contributed by atoms with Crippen molar-refractivity contribution in [2.45, 2.75) is 12.3 Å². The number of hydrogen-bond donors (Lipinski definition) is 1. The molecular formula is C13H17NO4. The number of fused-ring (bicyclic) bond motifs is 1. The Kier molecular flexibility index (Phi) is 3.11. The van der Waals surface area contributed by atoms with Crippen molar-refractivity contribution < 1.29 is 19.3 Å². The number of nitrogens with zero attached hydrogens (tertiary/aromatic N) is 1. The molecular weight excluding hydrogens is 234 g/mol. The summed E-state index contributed by atoms with van der Waals surface area (Å²) in [4.78, 5) is 2.08. The molecule has 1 aromatic rings. The van der Waals surface area contributed by atoms with Crippen LogP contribution in [0.25, 0.3) is 0 Å². The summed E-state index contributed by atoms with van der Waals surface area (Å²) in [5, 5.41) is 9.14. The van der Waals surface area contributed by atoms with Crippen LogP contribution in [0.5, 0.6) is 11.5 Å². The van der Waals surface area contributed by atoms with Crippen LogP contribution in [0.1, 0.15) is 11.8 Å². The minimum absolute atomic E-state index is 0.0470. The van der Waals surface area contributed by atoms with Crippen molar-refractivity contribution in [3.63, 3.8) is 0 Å². The molecule has 1 saturated heterocycles. The molecule has 2 aliphatic rings. The van der Waals surface area contributed by atoms with Crippen molar-refractivity contribution in [1.29, 1.82) is 0 Å². The van der Waals surface area contributed by atoms with Gasteiger partial charge in [-0.3, -0.25) is 4.90 Å². The Morgan fingerprint density at radius 2 is 2.06 bits per heavy atom. The number of aliphatic hydroxyl groups is 1. The second-order valence-corrected chi connectivity index (χ2v) is 4.64. The van der Waals surface area contributed by atoms with Gasteiger partial charge in [-0.05, 0) is 24.7 Å². The smallest absolute Gasteiger partial charge is 0.161 e. The van der Waals surface area contributed by atoms with Crippen molar-refractivity contribution in [2.24, 2.45) is 0 Å². The summed E-state index contributed by atoms with van der Waals surface area (Å²) in [6, 6.07) is 5.84. The lowest BCUT2D eigenvalue weighted by Crippen LogP contribution is -2.21. The van der Waals surface area contributed by atoms with Gasteiger partial charge in [0.25, 0.3) is 0 Å². The van der Waals surface area contributed by atoms with Crippen LogP contribution in [0.4, 0.5) is 0 Å². The monoisotopic (exact) mass is 251 g/mol. The maximum absolute atomic E-state index is 9.14. The van der Waals surface area contributed by atoms with Gasteiger partial charge in [0.1, 0.15) is 19.4 Å². The summed E-state index contributed by atoms with van der Waals surface area (Å²) in [5.41, 5.74) is 1.03. The molecule has 0 aromatic heterocycles. The minimum atomic E-state index is -0.127. The largest absolute Gasteiger partial charge is 0.486 e. The van der Waals surface area contributed by atoms with Gasteiger partial charge in [0.2, 0.25) is 0 Å². The van der Waals surface area contributed by atoms with E-state index in [0.717, 1.165) is 23.6 Å². The van der Waals surface area contributed by atoms with Crippen molar-refractivity contribution in [2.75, 3.05) is 33.4 Å². The lowest BCUT2D eigenvalue weighted by atomic mass is 10.1. The molecule has 1 N–H and O–H groups in total. The number of likely N-dealkylation sites (N-methyl/N-ethyl adjacent to an activating group) is 1.